The zero-order valence-electron chi connectivity index (χ0n) is 12.9. The van der Waals surface area contributed by atoms with E-state index in [0.29, 0.717) is 11.3 Å². The molecule has 6 nitrogen and oxygen atoms in total. The van der Waals surface area contributed by atoms with Crippen LogP contribution in [0.1, 0.15) is 32.8 Å². The van der Waals surface area contributed by atoms with Crippen molar-refractivity contribution >= 4 is 11.8 Å². The summed E-state index contributed by atoms with van der Waals surface area (Å²) in [5.74, 6) is 0. The van der Waals surface area contributed by atoms with Crippen LogP contribution in [0.5, 0.6) is 0 Å². The Balaban J connectivity index is 2.01. The first-order chi connectivity index (χ1) is 10.3. The monoisotopic (exact) mass is 307 g/mol. The molecule has 1 aromatic carbocycles. The Morgan fingerprint density at radius 1 is 1.45 bits per heavy atom. The number of benzene rings is 1. The minimum atomic E-state index is -1.32. The number of hydrogen-bond acceptors (Lipinski definition) is 5. The fourth-order valence-corrected chi connectivity index (χ4v) is 3.10. The fraction of sp³-hybridized carbons (Fsp3) is 0.562. The molecule has 1 fully saturated rings. The van der Waals surface area contributed by atoms with Gasteiger partial charge in [0, 0.05) is 12.0 Å². The zero-order chi connectivity index (χ0) is 16.1. The number of ether oxygens (including phenoxy) is 2. The van der Waals surface area contributed by atoms with Gasteiger partial charge in [-0.05, 0) is 26.8 Å². The number of para-hydroxylation sites is 1. The van der Waals surface area contributed by atoms with Gasteiger partial charge < -0.3 is 19.7 Å². The van der Waals surface area contributed by atoms with Gasteiger partial charge in [-0.25, -0.2) is 9.69 Å². The van der Waals surface area contributed by atoms with E-state index in [1.807, 2.05) is 0 Å². The molecule has 2 heterocycles. The molecule has 2 aliphatic heterocycles. The number of fused-ring (bicyclic) bond motifs is 3. The van der Waals surface area contributed by atoms with Crippen molar-refractivity contribution in [1.29, 1.82) is 0 Å². The zero-order valence-corrected chi connectivity index (χ0v) is 12.9. The van der Waals surface area contributed by atoms with E-state index in [9.17, 15) is 15.0 Å². The molecule has 3 unspecified atom stereocenters. The predicted molar refractivity (Wildman–Crippen MR) is 79.4 cm³/mol. The summed E-state index contributed by atoms with van der Waals surface area (Å²) in [4.78, 5) is 13.9. The van der Waals surface area contributed by atoms with Crippen LogP contribution < -0.4 is 4.90 Å². The smallest absolute Gasteiger partial charge is 0.417 e. The van der Waals surface area contributed by atoms with Crippen LogP contribution in [0.3, 0.4) is 0 Å². The van der Waals surface area contributed by atoms with Gasteiger partial charge in [0.25, 0.3) is 0 Å². The van der Waals surface area contributed by atoms with Crippen molar-refractivity contribution in [1.82, 2.24) is 0 Å². The molecule has 0 radical (unpaired) electrons. The standard InChI is InChI=1S/C16H21NO5/c1-15(2,3)22-14(19)17-12-7-5-4-6-11(12)16(20)8-10(9-18)21-13(16)17/h4-7,10,13,18,20H,8-9H2,1-3H3. The van der Waals surface area contributed by atoms with E-state index in [2.05, 4.69) is 0 Å². The van der Waals surface area contributed by atoms with Gasteiger partial charge in [-0.1, -0.05) is 18.2 Å². The lowest BCUT2D eigenvalue weighted by atomic mass is 9.91. The molecule has 0 bridgehead atoms. The summed E-state index contributed by atoms with van der Waals surface area (Å²) in [5, 5.41) is 20.3. The van der Waals surface area contributed by atoms with Gasteiger partial charge in [0.05, 0.1) is 18.4 Å². The molecule has 0 saturated carbocycles. The van der Waals surface area contributed by atoms with E-state index in [1.165, 1.54) is 4.90 Å². The number of anilines is 1. The molecule has 120 valence electrons. The Hall–Kier alpha value is -1.63. The lowest BCUT2D eigenvalue weighted by molar-refractivity contribution is -0.0503. The van der Waals surface area contributed by atoms with Gasteiger partial charge in [0.2, 0.25) is 0 Å². The summed E-state index contributed by atoms with van der Waals surface area (Å²) < 4.78 is 11.1. The largest absolute Gasteiger partial charge is 0.443 e. The molecule has 0 spiro atoms. The second-order valence-electron chi connectivity index (χ2n) is 6.79. The Morgan fingerprint density at radius 3 is 2.77 bits per heavy atom. The van der Waals surface area contributed by atoms with Crippen LogP contribution in [0.2, 0.25) is 0 Å². The number of nitrogens with zero attached hydrogens (tertiary/aromatic N) is 1. The van der Waals surface area contributed by atoms with Gasteiger partial charge in [0.1, 0.15) is 11.2 Å². The average Bonchev–Trinajstić information content (AvgIpc) is 2.86. The maximum Gasteiger partial charge on any atom is 0.417 e. The number of carbonyl (C=O) groups excluding carboxylic acids is 1. The number of aliphatic hydroxyl groups excluding tert-OH is 1. The molecule has 0 aromatic heterocycles. The van der Waals surface area contributed by atoms with Crippen LogP contribution in [-0.4, -0.2) is 40.8 Å². The van der Waals surface area contributed by atoms with Crippen molar-refractivity contribution in [2.45, 2.75) is 50.7 Å². The van der Waals surface area contributed by atoms with Crippen molar-refractivity contribution in [3.8, 4) is 0 Å². The van der Waals surface area contributed by atoms with Crippen molar-refractivity contribution in [2.24, 2.45) is 0 Å². The van der Waals surface area contributed by atoms with E-state index >= 15 is 0 Å². The summed E-state index contributed by atoms with van der Waals surface area (Å²) >= 11 is 0. The molecule has 0 aliphatic carbocycles. The molecular formula is C16H21NO5. The first-order valence-electron chi connectivity index (χ1n) is 7.37. The van der Waals surface area contributed by atoms with Crippen molar-refractivity contribution in [3.05, 3.63) is 29.8 Å². The topological polar surface area (TPSA) is 79.2 Å². The highest BCUT2D eigenvalue weighted by atomic mass is 16.6. The number of aliphatic hydroxyl groups is 2. The minimum absolute atomic E-state index is 0.205. The molecule has 3 atom stereocenters. The summed E-state index contributed by atoms with van der Waals surface area (Å²) in [5.41, 5.74) is -0.759. The second-order valence-corrected chi connectivity index (χ2v) is 6.79. The van der Waals surface area contributed by atoms with Crippen molar-refractivity contribution in [2.75, 3.05) is 11.5 Å². The molecule has 1 saturated heterocycles. The van der Waals surface area contributed by atoms with Crippen LogP contribution in [-0.2, 0) is 15.1 Å². The molecule has 2 aliphatic rings. The van der Waals surface area contributed by atoms with Crippen LogP contribution >= 0.6 is 0 Å². The van der Waals surface area contributed by atoms with E-state index in [1.54, 1.807) is 45.0 Å². The second kappa shape index (κ2) is 4.94. The average molecular weight is 307 g/mol. The van der Waals surface area contributed by atoms with Gasteiger partial charge >= 0.3 is 6.09 Å². The Labute approximate surface area is 129 Å². The van der Waals surface area contributed by atoms with Gasteiger partial charge in [-0.15, -0.1) is 0 Å². The van der Waals surface area contributed by atoms with Crippen LogP contribution in [0, 0.1) is 0 Å². The minimum Gasteiger partial charge on any atom is -0.443 e. The Bertz CT molecular complexity index is 596. The highest BCUT2D eigenvalue weighted by Crippen LogP contribution is 2.51. The molecular weight excluding hydrogens is 286 g/mol. The highest BCUT2D eigenvalue weighted by molar-refractivity contribution is 5.92. The number of amides is 1. The van der Waals surface area contributed by atoms with E-state index in [-0.39, 0.29) is 13.0 Å². The summed E-state index contributed by atoms with van der Waals surface area (Å²) in [6.07, 6.45) is -1.71. The Kier molecular flexibility index (Phi) is 3.43. The van der Waals surface area contributed by atoms with Gasteiger partial charge in [-0.3, -0.25) is 0 Å². The molecule has 2 N–H and O–H groups in total. The first kappa shape index (κ1) is 15.3. The van der Waals surface area contributed by atoms with Crippen LogP contribution in [0.25, 0.3) is 0 Å². The van der Waals surface area contributed by atoms with Crippen molar-refractivity contribution < 1.29 is 24.5 Å². The molecule has 22 heavy (non-hydrogen) atoms. The van der Waals surface area contributed by atoms with Gasteiger partial charge in [0.15, 0.2) is 6.23 Å². The molecule has 3 rings (SSSR count). The Morgan fingerprint density at radius 2 is 2.14 bits per heavy atom. The van der Waals surface area contributed by atoms with Gasteiger partial charge in [-0.2, -0.15) is 0 Å². The van der Waals surface area contributed by atoms with Crippen molar-refractivity contribution in [3.63, 3.8) is 0 Å². The predicted octanol–water partition coefficient (Wildman–Crippen LogP) is 1.74. The molecule has 1 aromatic rings. The lowest BCUT2D eigenvalue weighted by Crippen LogP contribution is -2.47. The summed E-state index contributed by atoms with van der Waals surface area (Å²) in [6.45, 7) is 5.14. The first-order valence-corrected chi connectivity index (χ1v) is 7.37. The third kappa shape index (κ3) is 2.27. The lowest BCUT2D eigenvalue weighted by Gasteiger charge is -2.29. The molecule has 1 amide bonds. The fourth-order valence-electron chi connectivity index (χ4n) is 3.10. The number of rotatable bonds is 1. The third-order valence-electron chi connectivity index (χ3n) is 3.93. The highest BCUT2D eigenvalue weighted by Gasteiger charge is 2.59. The number of carbonyl (C=O) groups is 1. The maximum atomic E-state index is 12.6. The molecule has 6 heteroatoms. The number of hydrogen-bond donors (Lipinski definition) is 2. The van der Waals surface area contributed by atoms with Crippen LogP contribution in [0.4, 0.5) is 10.5 Å². The van der Waals surface area contributed by atoms with E-state index < -0.39 is 29.6 Å². The SMILES string of the molecule is CC(C)(C)OC(=O)N1c2ccccc2C2(O)CC(CO)OC12. The van der Waals surface area contributed by atoms with E-state index in [4.69, 9.17) is 9.47 Å². The quantitative estimate of drug-likeness (QED) is 0.826. The van der Waals surface area contributed by atoms with E-state index in [0.717, 1.165) is 0 Å². The summed E-state index contributed by atoms with van der Waals surface area (Å²) in [7, 11) is 0. The third-order valence-corrected chi connectivity index (χ3v) is 3.93. The summed E-state index contributed by atoms with van der Waals surface area (Å²) in [6, 6.07) is 7.13. The maximum absolute atomic E-state index is 12.6. The van der Waals surface area contributed by atoms with Crippen LogP contribution in [0.15, 0.2) is 24.3 Å². The normalized spacial score (nSPS) is 30.1.